The van der Waals surface area contributed by atoms with Crippen LogP contribution in [0.1, 0.15) is 66.2 Å². The molecule has 0 aromatic carbocycles. The Bertz CT molecular complexity index is 204. The first kappa shape index (κ1) is 15.0. The van der Waals surface area contributed by atoms with E-state index in [1.807, 2.05) is 0 Å². The van der Waals surface area contributed by atoms with Crippen molar-refractivity contribution < 1.29 is 0 Å². The molecule has 0 bridgehead atoms. The van der Waals surface area contributed by atoms with Crippen LogP contribution in [0.4, 0.5) is 0 Å². The van der Waals surface area contributed by atoms with Gasteiger partial charge in [-0.15, -0.1) is 0 Å². The summed E-state index contributed by atoms with van der Waals surface area (Å²) in [6, 6.07) is 0. The molecule has 3 unspecified atom stereocenters. The van der Waals surface area contributed by atoms with Gasteiger partial charge in [0.2, 0.25) is 0 Å². The van der Waals surface area contributed by atoms with Gasteiger partial charge in [0.25, 0.3) is 0 Å². The number of hydrogen-bond acceptors (Lipinski definition) is 1. The van der Waals surface area contributed by atoms with Crippen LogP contribution in [0.15, 0.2) is 0 Å². The quantitative estimate of drug-likeness (QED) is 0.746. The highest BCUT2D eigenvalue weighted by atomic mass is 14.8. The predicted octanol–water partition coefficient (Wildman–Crippen LogP) is 4.47. The molecule has 3 atom stereocenters. The van der Waals surface area contributed by atoms with E-state index in [0.717, 1.165) is 17.8 Å². The molecule has 17 heavy (non-hydrogen) atoms. The molecule has 1 heteroatoms. The fourth-order valence-corrected chi connectivity index (χ4v) is 3.46. The zero-order valence-corrected chi connectivity index (χ0v) is 12.7. The maximum atomic E-state index is 3.40. The predicted molar refractivity (Wildman–Crippen MR) is 77.2 cm³/mol. The summed E-state index contributed by atoms with van der Waals surface area (Å²) in [5.41, 5.74) is 0.509. The minimum atomic E-state index is 0.509. The van der Waals surface area contributed by atoms with Crippen molar-refractivity contribution in [1.29, 1.82) is 0 Å². The molecule has 0 spiro atoms. The van der Waals surface area contributed by atoms with Gasteiger partial charge in [-0.1, -0.05) is 47.0 Å². The second-order valence-electron chi connectivity index (χ2n) is 7.10. The fraction of sp³-hybridized carbons (Fsp3) is 1.00. The van der Waals surface area contributed by atoms with Gasteiger partial charge in [0.15, 0.2) is 0 Å². The molecule has 1 N–H and O–H groups in total. The third-order valence-electron chi connectivity index (χ3n) is 4.76. The summed E-state index contributed by atoms with van der Waals surface area (Å²) in [6.07, 6.45) is 8.58. The van der Waals surface area contributed by atoms with Gasteiger partial charge in [-0.25, -0.2) is 0 Å². The van der Waals surface area contributed by atoms with Crippen molar-refractivity contribution in [1.82, 2.24) is 5.32 Å². The summed E-state index contributed by atoms with van der Waals surface area (Å²) < 4.78 is 0. The number of nitrogens with one attached hydrogen (secondary N) is 1. The lowest BCUT2D eigenvalue weighted by Crippen LogP contribution is -2.35. The van der Waals surface area contributed by atoms with E-state index >= 15 is 0 Å². The summed E-state index contributed by atoms with van der Waals surface area (Å²) >= 11 is 0. The normalized spacial score (nSPS) is 30.5. The zero-order valence-electron chi connectivity index (χ0n) is 12.7. The van der Waals surface area contributed by atoms with E-state index < -0.39 is 0 Å². The van der Waals surface area contributed by atoms with Crippen LogP contribution in [0.25, 0.3) is 0 Å². The molecule has 1 rings (SSSR count). The van der Waals surface area contributed by atoms with Crippen molar-refractivity contribution in [2.45, 2.75) is 66.2 Å². The van der Waals surface area contributed by atoms with Crippen molar-refractivity contribution in [2.24, 2.45) is 23.2 Å². The zero-order chi connectivity index (χ0) is 12.9. The number of unbranched alkanes of at least 4 members (excludes halogenated alkanes) is 1. The number of rotatable bonds is 5. The maximum absolute atomic E-state index is 3.40. The maximum Gasteiger partial charge on any atom is -0.00209 e. The van der Waals surface area contributed by atoms with Crippen LogP contribution in [0, 0.1) is 23.2 Å². The van der Waals surface area contributed by atoms with Crippen molar-refractivity contribution in [3.63, 3.8) is 0 Å². The summed E-state index contributed by atoms with van der Waals surface area (Å²) in [6.45, 7) is 10.8. The van der Waals surface area contributed by atoms with Gasteiger partial charge in [0.1, 0.15) is 0 Å². The molecule has 0 amide bonds. The first-order valence-corrected chi connectivity index (χ1v) is 7.63. The monoisotopic (exact) mass is 239 g/mol. The molecule has 0 aliphatic heterocycles. The van der Waals surface area contributed by atoms with E-state index in [1.165, 1.54) is 45.1 Å². The molecule has 1 aliphatic carbocycles. The van der Waals surface area contributed by atoms with Crippen molar-refractivity contribution >= 4 is 0 Å². The van der Waals surface area contributed by atoms with Gasteiger partial charge in [-0.3, -0.25) is 0 Å². The van der Waals surface area contributed by atoms with Gasteiger partial charge in [0.05, 0.1) is 0 Å². The Hall–Kier alpha value is -0.0400. The Balaban J connectivity index is 2.56. The Morgan fingerprint density at radius 2 is 1.82 bits per heavy atom. The van der Waals surface area contributed by atoms with Crippen LogP contribution < -0.4 is 5.32 Å². The van der Waals surface area contributed by atoms with Crippen LogP contribution in [0.2, 0.25) is 0 Å². The van der Waals surface area contributed by atoms with Gasteiger partial charge in [-0.2, -0.15) is 0 Å². The average Bonchev–Trinajstić information content (AvgIpc) is 2.26. The minimum absolute atomic E-state index is 0.509. The molecule has 1 aliphatic rings. The highest BCUT2D eigenvalue weighted by Crippen LogP contribution is 2.44. The molecular weight excluding hydrogens is 206 g/mol. The van der Waals surface area contributed by atoms with Gasteiger partial charge in [0, 0.05) is 0 Å². The van der Waals surface area contributed by atoms with Crippen LogP contribution in [0.3, 0.4) is 0 Å². The molecule has 1 saturated carbocycles. The second kappa shape index (κ2) is 6.78. The van der Waals surface area contributed by atoms with Crippen LogP contribution in [-0.2, 0) is 0 Å². The Labute approximate surface area is 109 Å². The van der Waals surface area contributed by atoms with Gasteiger partial charge < -0.3 is 5.32 Å². The Morgan fingerprint density at radius 3 is 2.35 bits per heavy atom. The van der Waals surface area contributed by atoms with E-state index in [4.69, 9.17) is 0 Å². The molecule has 0 radical (unpaired) electrons. The van der Waals surface area contributed by atoms with Gasteiger partial charge >= 0.3 is 0 Å². The van der Waals surface area contributed by atoms with E-state index in [0.29, 0.717) is 5.41 Å². The molecule has 1 fully saturated rings. The van der Waals surface area contributed by atoms with Crippen molar-refractivity contribution in [2.75, 3.05) is 13.6 Å². The summed E-state index contributed by atoms with van der Waals surface area (Å²) in [4.78, 5) is 0. The Kier molecular flexibility index (Phi) is 5.99. The smallest absolute Gasteiger partial charge is 0.00209 e. The highest BCUT2D eigenvalue weighted by molar-refractivity contribution is 4.86. The lowest BCUT2D eigenvalue weighted by atomic mass is 9.64. The summed E-state index contributed by atoms with van der Waals surface area (Å²) in [5, 5.41) is 3.40. The second-order valence-corrected chi connectivity index (χ2v) is 7.10. The molecular formula is C16H33N. The highest BCUT2D eigenvalue weighted by Gasteiger charge is 2.34. The minimum Gasteiger partial charge on any atom is -0.319 e. The Morgan fingerprint density at radius 1 is 1.12 bits per heavy atom. The molecule has 0 aromatic heterocycles. The largest absolute Gasteiger partial charge is 0.319 e. The molecule has 0 heterocycles. The lowest BCUT2D eigenvalue weighted by molar-refractivity contribution is 0.0922. The van der Waals surface area contributed by atoms with E-state index in [2.05, 4.69) is 40.1 Å². The SMILES string of the molecule is CCCCC1CC(C(C)(C)C)CCC1CNC. The fourth-order valence-electron chi connectivity index (χ4n) is 3.46. The third kappa shape index (κ3) is 4.62. The lowest BCUT2D eigenvalue weighted by Gasteiger charge is -2.42. The standard InChI is InChI=1S/C16H33N/c1-6-7-8-13-11-15(16(2,3)4)10-9-14(13)12-17-5/h13-15,17H,6-12H2,1-5H3. The van der Waals surface area contributed by atoms with Gasteiger partial charge in [-0.05, 0) is 56.0 Å². The molecule has 102 valence electrons. The van der Waals surface area contributed by atoms with Crippen molar-refractivity contribution in [3.05, 3.63) is 0 Å². The van der Waals surface area contributed by atoms with E-state index in [-0.39, 0.29) is 0 Å². The van der Waals surface area contributed by atoms with E-state index in [1.54, 1.807) is 0 Å². The molecule has 0 aromatic rings. The average molecular weight is 239 g/mol. The van der Waals surface area contributed by atoms with Crippen LogP contribution >= 0.6 is 0 Å². The summed E-state index contributed by atoms with van der Waals surface area (Å²) in [7, 11) is 2.10. The molecule has 0 saturated heterocycles. The third-order valence-corrected chi connectivity index (χ3v) is 4.76. The first-order valence-electron chi connectivity index (χ1n) is 7.63. The molecule has 1 nitrogen and oxygen atoms in total. The van der Waals surface area contributed by atoms with Crippen LogP contribution in [-0.4, -0.2) is 13.6 Å². The summed E-state index contributed by atoms with van der Waals surface area (Å²) in [5.74, 6) is 2.85. The first-order chi connectivity index (χ1) is 7.99. The number of hydrogen-bond donors (Lipinski definition) is 1. The topological polar surface area (TPSA) is 12.0 Å². The van der Waals surface area contributed by atoms with Crippen molar-refractivity contribution in [3.8, 4) is 0 Å². The van der Waals surface area contributed by atoms with E-state index in [9.17, 15) is 0 Å². The van der Waals surface area contributed by atoms with Crippen LogP contribution in [0.5, 0.6) is 0 Å².